The number of esters is 2. The predicted molar refractivity (Wildman–Crippen MR) is 169 cm³/mol. The second kappa shape index (κ2) is 14.9. The highest BCUT2D eigenvalue weighted by molar-refractivity contribution is 8.00. The Morgan fingerprint density at radius 1 is 1.00 bits per heavy atom. The molecule has 2 heterocycles. The maximum atomic E-state index is 13.8. The molecule has 0 saturated heterocycles. The predicted octanol–water partition coefficient (Wildman–Crippen LogP) is 5.49. The van der Waals surface area contributed by atoms with Crippen molar-refractivity contribution in [3.63, 3.8) is 0 Å². The van der Waals surface area contributed by atoms with Gasteiger partial charge in [-0.2, -0.15) is 0 Å². The molecular formula is C31H32FN5O6S2. The molecule has 2 aromatic heterocycles. The van der Waals surface area contributed by atoms with Gasteiger partial charge in [0.2, 0.25) is 5.91 Å². The maximum absolute atomic E-state index is 13.8. The quantitative estimate of drug-likeness (QED) is 0.150. The molecule has 236 valence electrons. The first kappa shape index (κ1) is 33.3. The van der Waals surface area contributed by atoms with Gasteiger partial charge in [-0.15, -0.1) is 21.5 Å². The average Bonchev–Trinajstić information content (AvgIpc) is 3.56. The van der Waals surface area contributed by atoms with E-state index in [2.05, 4.69) is 20.8 Å². The number of hydrogen-bond donors (Lipinski definition) is 2. The van der Waals surface area contributed by atoms with E-state index >= 15 is 0 Å². The molecule has 0 saturated carbocycles. The normalized spacial score (nSPS) is 11.5. The number of carbonyl (C=O) groups excluding carboxylic acids is 4. The fourth-order valence-corrected chi connectivity index (χ4v) is 6.23. The minimum Gasteiger partial charge on any atom is -0.462 e. The zero-order chi connectivity index (χ0) is 32.7. The Labute approximate surface area is 267 Å². The molecule has 45 heavy (non-hydrogen) atoms. The van der Waals surface area contributed by atoms with Crippen molar-refractivity contribution < 1.29 is 33.0 Å². The molecule has 0 spiro atoms. The number of rotatable bonds is 12. The lowest BCUT2D eigenvalue weighted by atomic mass is 10.1. The molecule has 11 nitrogen and oxygen atoms in total. The van der Waals surface area contributed by atoms with Gasteiger partial charge in [0.25, 0.3) is 5.91 Å². The molecule has 2 aromatic carbocycles. The van der Waals surface area contributed by atoms with Crippen LogP contribution in [0.2, 0.25) is 0 Å². The van der Waals surface area contributed by atoms with E-state index in [-0.39, 0.29) is 41.1 Å². The van der Waals surface area contributed by atoms with Gasteiger partial charge in [0.05, 0.1) is 30.6 Å². The van der Waals surface area contributed by atoms with Crippen LogP contribution in [0.1, 0.15) is 68.1 Å². The number of nitrogens with zero attached hydrogens (tertiary/aromatic N) is 3. The number of benzene rings is 2. The number of thiophene rings is 1. The molecule has 0 aliphatic carbocycles. The Balaban J connectivity index is 1.58. The van der Waals surface area contributed by atoms with Crippen LogP contribution in [0.5, 0.6) is 0 Å². The number of halogens is 1. The van der Waals surface area contributed by atoms with Crippen LogP contribution < -0.4 is 10.6 Å². The van der Waals surface area contributed by atoms with E-state index in [0.29, 0.717) is 27.8 Å². The second-order valence-corrected chi connectivity index (χ2v) is 12.0. The third kappa shape index (κ3) is 7.94. The Hall–Kier alpha value is -4.56. The van der Waals surface area contributed by atoms with Crippen LogP contribution in [0.3, 0.4) is 0 Å². The van der Waals surface area contributed by atoms with Gasteiger partial charge in [-0.3, -0.25) is 14.2 Å². The van der Waals surface area contributed by atoms with Crippen molar-refractivity contribution in [2.24, 2.45) is 0 Å². The van der Waals surface area contributed by atoms with Gasteiger partial charge in [-0.25, -0.2) is 14.0 Å². The number of amides is 2. The third-order valence-electron chi connectivity index (χ3n) is 6.45. The molecule has 1 atom stereocenters. The van der Waals surface area contributed by atoms with Crippen LogP contribution in [0.4, 0.5) is 9.39 Å². The summed E-state index contributed by atoms with van der Waals surface area (Å²) in [5.74, 6) is -2.15. The van der Waals surface area contributed by atoms with Crippen LogP contribution >= 0.6 is 23.1 Å². The number of nitrogens with one attached hydrogen (secondary N) is 2. The number of thioether (sulfide) groups is 1. The standard InChI is InChI=1S/C31H32FN5O6S2/c1-6-42-29(40)24-18(4)25(30(41)43-7-2)45-28(24)34-26(38)19(5)44-31-36-35-23(37(31)22-13-11-21(32)12-14-22)16-33-27(39)20-10-8-9-17(3)15-20/h8-15,19H,6-7,16H2,1-5H3,(H,33,39)(H,34,38)/t19-/m1/s1. The summed E-state index contributed by atoms with van der Waals surface area (Å²) in [6.45, 7) is 8.70. The Kier molecular flexibility index (Phi) is 11.1. The van der Waals surface area contributed by atoms with Gasteiger partial charge in [-0.1, -0.05) is 29.5 Å². The van der Waals surface area contributed by atoms with Crippen LogP contribution in [0.15, 0.2) is 53.7 Å². The number of anilines is 1. The molecule has 0 radical (unpaired) electrons. The number of ether oxygens (including phenoxy) is 2. The lowest BCUT2D eigenvalue weighted by Crippen LogP contribution is -2.25. The fourth-order valence-electron chi connectivity index (χ4n) is 4.26. The molecule has 14 heteroatoms. The lowest BCUT2D eigenvalue weighted by Gasteiger charge is -2.14. The first-order valence-corrected chi connectivity index (χ1v) is 15.7. The maximum Gasteiger partial charge on any atom is 0.348 e. The number of carbonyl (C=O) groups is 4. The van der Waals surface area contributed by atoms with Crippen LogP contribution in [-0.2, 0) is 20.8 Å². The van der Waals surface area contributed by atoms with Gasteiger partial charge < -0.3 is 20.1 Å². The summed E-state index contributed by atoms with van der Waals surface area (Å²) in [5.41, 5.74) is 2.37. The molecule has 0 aliphatic rings. The monoisotopic (exact) mass is 653 g/mol. The zero-order valence-corrected chi connectivity index (χ0v) is 26.9. The van der Waals surface area contributed by atoms with Crippen LogP contribution in [0, 0.1) is 19.7 Å². The van der Waals surface area contributed by atoms with Crippen molar-refractivity contribution in [2.75, 3.05) is 18.5 Å². The first-order chi connectivity index (χ1) is 21.5. The topological polar surface area (TPSA) is 142 Å². The van der Waals surface area contributed by atoms with E-state index in [9.17, 15) is 23.6 Å². The molecule has 4 rings (SSSR count). The molecule has 0 fully saturated rings. The van der Waals surface area contributed by atoms with E-state index in [1.165, 1.54) is 24.3 Å². The minimum absolute atomic E-state index is 0.00625. The summed E-state index contributed by atoms with van der Waals surface area (Å²) < 4.78 is 25.7. The van der Waals surface area contributed by atoms with Crippen molar-refractivity contribution in [1.29, 1.82) is 0 Å². The van der Waals surface area contributed by atoms with Crippen molar-refractivity contribution in [1.82, 2.24) is 20.1 Å². The third-order valence-corrected chi connectivity index (χ3v) is 8.68. The number of hydrogen-bond acceptors (Lipinski definition) is 10. The molecule has 0 aliphatic heterocycles. The smallest absolute Gasteiger partial charge is 0.348 e. The summed E-state index contributed by atoms with van der Waals surface area (Å²) in [5, 5.41) is 13.8. The average molecular weight is 654 g/mol. The van der Waals surface area contributed by atoms with E-state index in [1.54, 1.807) is 50.5 Å². The Morgan fingerprint density at radius 3 is 2.36 bits per heavy atom. The fraction of sp³-hybridized carbons (Fsp3) is 0.290. The second-order valence-electron chi connectivity index (χ2n) is 9.71. The van der Waals surface area contributed by atoms with Crippen LogP contribution in [-0.4, -0.2) is 57.0 Å². The Bertz CT molecular complexity index is 1720. The van der Waals surface area contributed by atoms with Crippen molar-refractivity contribution >= 4 is 51.9 Å². The highest BCUT2D eigenvalue weighted by atomic mass is 32.2. The van der Waals surface area contributed by atoms with Gasteiger partial charge in [0.15, 0.2) is 11.0 Å². The van der Waals surface area contributed by atoms with Crippen LogP contribution in [0.25, 0.3) is 5.69 Å². The highest BCUT2D eigenvalue weighted by Gasteiger charge is 2.29. The van der Waals surface area contributed by atoms with E-state index in [1.807, 2.05) is 13.0 Å². The van der Waals surface area contributed by atoms with Gasteiger partial charge >= 0.3 is 11.9 Å². The Morgan fingerprint density at radius 2 is 1.69 bits per heavy atom. The summed E-state index contributed by atoms with van der Waals surface area (Å²) in [6.07, 6.45) is 0. The molecular weight excluding hydrogens is 622 g/mol. The van der Waals surface area contributed by atoms with E-state index in [0.717, 1.165) is 28.7 Å². The molecule has 2 N–H and O–H groups in total. The molecule has 4 aromatic rings. The SMILES string of the molecule is CCOC(=O)c1sc(NC(=O)[C@@H](C)Sc2nnc(CNC(=O)c3cccc(C)c3)n2-c2ccc(F)cc2)c(C(=O)OCC)c1C. The molecule has 0 bridgehead atoms. The van der Waals surface area contributed by atoms with Crippen molar-refractivity contribution in [2.45, 2.75) is 51.6 Å². The molecule has 0 unspecified atom stereocenters. The number of aromatic nitrogens is 3. The first-order valence-electron chi connectivity index (χ1n) is 14.0. The minimum atomic E-state index is -0.772. The summed E-state index contributed by atoms with van der Waals surface area (Å²) in [7, 11) is 0. The lowest BCUT2D eigenvalue weighted by molar-refractivity contribution is -0.115. The summed E-state index contributed by atoms with van der Waals surface area (Å²) in [6, 6.07) is 12.8. The highest BCUT2D eigenvalue weighted by Crippen LogP contribution is 2.35. The van der Waals surface area contributed by atoms with E-state index in [4.69, 9.17) is 9.47 Å². The van der Waals surface area contributed by atoms with Gasteiger partial charge in [0, 0.05) is 11.3 Å². The van der Waals surface area contributed by atoms with Crippen molar-refractivity contribution in [3.05, 3.63) is 87.3 Å². The van der Waals surface area contributed by atoms with E-state index < -0.39 is 28.9 Å². The van der Waals surface area contributed by atoms with Crippen molar-refractivity contribution in [3.8, 4) is 5.69 Å². The largest absolute Gasteiger partial charge is 0.462 e. The molecule has 2 amide bonds. The van der Waals surface area contributed by atoms with Gasteiger partial charge in [-0.05, 0) is 76.6 Å². The number of aryl methyl sites for hydroxylation is 1. The zero-order valence-electron chi connectivity index (χ0n) is 25.3. The summed E-state index contributed by atoms with van der Waals surface area (Å²) >= 11 is 2.00. The van der Waals surface area contributed by atoms with Gasteiger partial charge in [0.1, 0.15) is 15.7 Å². The summed E-state index contributed by atoms with van der Waals surface area (Å²) in [4.78, 5) is 51.7.